The van der Waals surface area contributed by atoms with Gasteiger partial charge in [-0.25, -0.2) is 0 Å². The zero-order valence-corrected chi connectivity index (χ0v) is 13.9. The molecule has 0 radical (unpaired) electrons. The van der Waals surface area contributed by atoms with Crippen LogP contribution in [0.4, 0.5) is 0 Å². The predicted octanol–water partition coefficient (Wildman–Crippen LogP) is 3.43. The summed E-state index contributed by atoms with van der Waals surface area (Å²) in [5.41, 5.74) is 1.58. The maximum absolute atomic E-state index is 9.00. The summed E-state index contributed by atoms with van der Waals surface area (Å²) in [6.07, 6.45) is 1.85. The Balaban J connectivity index is 2.11. The van der Waals surface area contributed by atoms with Crippen LogP contribution in [0.2, 0.25) is 0 Å². The zero-order valence-electron chi connectivity index (χ0n) is 13.9. The molecule has 0 bridgehead atoms. The summed E-state index contributed by atoms with van der Waals surface area (Å²) in [5, 5.41) is 13.1. The van der Waals surface area contributed by atoms with Gasteiger partial charge < -0.3 is 4.52 Å². The Morgan fingerprint density at radius 3 is 2.74 bits per heavy atom. The highest BCUT2D eigenvalue weighted by molar-refractivity contribution is 5.32. The number of nitriles is 1. The molecule has 0 saturated carbocycles. The first kappa shape index (κ1) is 16.9. The highest BCUT2D eigenvalue weighted by atomic mass is 16.5. The number of hydrogen-bond acceptors (Lipinski definition) is 5. The molecule has 1 aromatic carbocycles. The van der Waals surface area contributed by atoms with Gasteiger partial charge in [0.05, 0.1) is 18.2 Å². The quantitative estimate of drug-likeness (QED) is 0.765. The lowest BCUT2D eigenvalue weighted by molar-refractivity contribution is 0.269. The van der Waals surface area contributed by atoms with E-state index in [-0.39, 0.29) is 5.41 Å². The second-order valence-electron chi connectivity index (χ2n) is 6.54. The molecule has 2 rings (SSSR count). The Hall–Kier alpha value is -2.45. The van der Waals surface area contributed by atoms with Crippen LogP contribution < -0.4 is 0 Å². The minimum absolute atomic E-state index is 0.157. The smallest absolute Gasteiger partial charge is 0.232 e. The molecule has 0 saturated heterocycles. The Labute approximate surface area is 137 Å². The third-order valence-electron chi connectivity index (χ3n) is 3.32. The van der Waals surface area contributed by atoms with E-state index >= 15 is 0 Å². The molecule has 5 nitrogen and oxygen atoms in total. The molecular formula is C18H22N4O. The molecular weight excluding hydrogens is 288 g/mol. The highest BCUT2D eigenvalue weighted by Gasteiger charge is 2.22. The van der Waals surface area contributed by atoms with Crippen molar-refractivity contribution in [3.05, 3.63) is 59.8 Å². The molecule has 5 heteroatoms. The van der Waals surface area contributed by atoms with Crippen molar-refractivity contribution < 1.29 is 4.52 Å². The molecule has 0 N–H and O–H groups in total. The van der Waals surface area contributed by atoms with Gasteiger partial charge in [0.15, 0.2) is 5.82 Å². The molecule has 1 heterocycles. The lowest BCUT2D eigenvalue weighted by atomic mass is 9.97. The molecule has 0 aliphatic rings. The molecule has 0 unspecified atom stereocenters. The SMILES string of the molecule is C=CCN(Cc1cccc(C#N)c1)Cc1noc(C(C)(C)C)n1. The summed E-state index contributed by atoms with van der Waals surface area (Å²) in [4.78, 5) is 6.63. The Morgan fingerprint density at radius 2 is 2.13 bits per heavy atom. The lowest BCUT2D eigenvalue weighted by Gasteiger charge is -2.19. The van der Waals surface area contributed by atoms with Gasteiger partial charge in [-0.2, -0.15) is 10.2 Å². The number of nitrogens with zero attached hydrogens (tertiary/aromatic N) is 4. The minimum atomic E-state index is -0.157. The monoisotopic (exact) mass is 310 g/mol. The molecule has 2 aromatic rings. The molecule has 0 atom stereocenters. The van der Waals surface area contributed by atoms with E-state index in [0.717, 1.165) is 5.56 Å². The van der Waals surface area contributed by atoms with Crippen LogP contribution in [-0.4, -0.2) is 21.6 Å². The maximum Gasteiger partial charge on any atom is 0.232 e. The lowest BCUT2D eigenvalue weighted by Crippen LogP contribution is -2.23. The van der Waals surface area contributed by atoms with Crippen molar-refractivity contribution in [3.63, 3.8) is 0 Å². The van der Waals surface area contributed by atoms with E-state index in [0.29, 0.717) is 36.9 Å². The summed E-state index contributed by atoms with van der Waals surface area (Å²) in [7, 11) is 0. The molecule has 0 aliphatic carbocycles. The van der Waals surface area contributed by atoms with Gasteiger partial charge >= 0.3 is 0 Å². The van der Waals surface area contributed by atoms with E-state index in [1.165, 1.54) is 0 Å². The van der Waals surface area contributed by atoms with Gasteiger partial charge in [-0.3, -0.25) is 4.90 Å². The number of rotatable bonds is 6. The van der Waals surface area contributed by atoms with Crippen LogP contribution in [-0.2, 0) is 18.5 Å². The van der Waals surface area contributed by atoms with Gasteiger partial charge in [0.25, 0.3) is 0 Å². The molecule has 0 aliphatic heterocycles. The largest absolute Gasteiger partial charge is 0.339 e. The molecule has 120 valence electrons. The van der Waals surface area contributed by atoms with Crippen LogP contribution in [0.3, 0.4) is 0 Å². The maximum atomic E-state index is 9.00. The van der Waals surface area contributed by atoms with E-state index in [1.807, 2.05) is 45.0 Å². The Bertz CT molecular complexity index is 706. The van der Waals surface area contributed by atoms with E-state index in [1.54, 1.807) is 6.07 Å². The van der Waals surface area contributed by atoms with Crippen molar-refractivity contribution in [1.29, 1.82) is 5.26 Å². The summed E-state index contributed by atoms with van der Waals surface area (Å²) in [5.74, 6) is 1.30. The van der Waals surface area contributed by atoms with Gasteiger partial charge in [-0.1, -0.05) is 44.1 Å². The fourth-order valence-corrected chi connectivity index (χ4v) is 2.19. The van der Waals surface area contributed by atoms with Crippen LogP contribution in [0.15, 0.2) is 41.4 Å². The average molecular weight is 310 g/mol. The van der Waals surface area contributed by atoms with Crippen molar-refractivity contribution in [3.8, 4) is 6.07 Å². The second kappa shape index (κ2) is 7.21. The van der Waals surface area contributed by atoms with E-state index in [2.05, 4.69) is 27.7 Å². The molecule has 1 aromatic heterocycles. The van der Waals surface area contributed by atoms with Gasteiger partial charge in [0, 0.05) is 18.5 Å². The van der Waals surface area contributed by atoms with Crippen LogP contribution in [0, 0.1) is 11.3 Å². The summed E-state index contributed by atoms with van der Waals surface area (Å²) in [6, 6.07) is 9.76. The van der Waals surface area contributed by atoms with Crippen molar-refractivity contribution in [1.82, 2.24) is 15.0 Å². The Morgan fingerprint density at radius 1 is 1.35 bits per heavy atom. The summed E-state index contributed by atoms with van der Waals surface area (Å²) in [6.45, 7) is 11.9. The van der Waals surface area contributed by atoms with E-state index < -0.39 is 0 Å². The van der Waals surface area contributed by atoms with Crippen LogP contribution in [0.5, 0.6) is 0 Å². The third-order valence-corrected chi connectivity index (χ3v) is 3.32. The standard InChI is InChI=1S/C18H22N4O/c1-5-9-22(12-15-8-6-7-14(10-15)11-19)13-16-20-17(23-21-16)18(2,3)4/h5-8,10H,1,9,12-13H2,2-4H3. The van der Waals surface area contributed by atoms with Crippen molar-refractivity contribution in [2.45, 2.75) is 39.3 Å². The number of benzene rings is 1. The highest BCUT2D eigenvalue weighted by Crippen LogP contribution is 2.20. The van der Waals surface area contributed by atoms with Crippen LogP contribution in [0.1, 0.15) is 43.6 Å². The first-order chi connectivity index (χ1) is 10.9. The van der Waals surface area contributed by atoms with Gasteiger partial charge in [0.1, 0.15) is 0 Å². The van der Waals surface area contributed by atoms with E-state index in [9.17, 15) is 0 Å². The first-order valence-electron chi connectivity index (χ1n) is 7.57. The van der Waals surface area contributed by atoms with Gasteiger partial charge in [-0.05, 0) is 17.7 Å². The van der Waals surface area contributed by atoms with Crippen LogP contribution >= 0.6 is 0 Å². The van der Waals surface area contributed by atoms with Crippen molar-refractivity contribution in [2.24, 2.45) is 0 Å². The van der Waals surface area contributed by atoms with Crippen LogP contribution in [0.25, 0.3) is 0 Å². The summed E-state index contributed by atoms with van der Waals surface area (Å²) >= 11 is 0. The molecule has 0 amide bonds. The first-order valence-corrected chi connectivity index (χ1v) is 7.57. The topological polar surface area (TPSA) is 66.0 Å². The normalized spacial score (nSPS) is 11.4. The van der Waals surface area contributed by atoms with Gasteiger partial charge in [-0.15, -0.1) is 6.58 Å². The predicted molar refractivity (Wildman–Crippen MR) is 88.5 cm³/mol. The molecule has 0 spiro atoms. The Kier molecular flexibility index (Phi) is 5.30. The fourth-order valence-electron chi connectivity index (χ4n) is 2.19. The number of hydrogen-bond donors (Lipinski definition) is 0. The molecule has 0 fully saturated rings. The van der Waals surface area contributed by atoms with E-state index in [4.69, 9.17) is 9.78 Å². The second-order valence-corrected chi connectivity index (χ2v) is 6.54. The zero-order chi connectivity index (χ0) is 16.9. The number of aromatic nitrogens is 2. The summed E-state index contributed by atoms with van der Waals surface area (Å²) < 4.78 is 5.34. The molecule has 23 heavy (non-hydrogen) atoms. The third kappa shape index (κ3) is 4.76. The van der Waals surface area contributed by atoms with Crippen molar-refractivity contribution in [2.75, 3.05) is 6.54 Å². The fraction of sp³-hybridized carbons (Fsp3) is 0.389. The minimum Gasteiger partial charge on any atom is -0.339 e. The average Bonchev–Trinajstić information content (AvgIpc) is 2.96. The van der Waals surface area contributed by atoms with Gasteiger partial charge in [0.2, 0.25) is 5.89 Å². The van der Waals surface area contributed by atoms with Crippen molar-refractivity contribution >= 4 is 0 Å².